The lowest BCUT2D eigenvalue weighted by atomic mass is 10.2. The molecule has 0 spiro atoms. The third kappa shape index (κ3) is 3.34. The highest BCUT2D eigenvalue weighted by Crippen LogP contribution is 2.14. The molecule has 0 unspecified atom stereocenters. The largest absolute Gasteiger partial charge is 0.466 e. The Morgan fingerprint density at radius 2 is 2.32 bits per heavy atom. The number of amides is 1. The molecule has 2 heterocycles. The van der Waals surface area contributed by atoms with Gasteiger partial charge in [-0.15, -0.1) is 5.10 Å². The van der Waals surface area contributed by atoms with Crippen LogP contribution in [0.2, 0.25) is 0 Å². The van der Waals surface area contributed by atoms with Crippen LogP contribution in [-0.2, 0) is 7.05 Å². The molecule has 0 radical (unpaired) electrons. The van der Waals surface area contributed by atoms with Gasteiger partial charge < -0.3 is 9.73 Å². The van der Waals surface area contributed by atoms with Crippen molar-refractivity contribution in [2.45, 2.75) is 19.0 Å². The van der Waals surface area contributed by atoms with Gasteiger partial charge in [-0.05, 0) is 30.3 Å². The van der Waals surface area contributed by atoms with Crippen LogP contribution in [0.15, 0.2) is 15.6 Å². The Kier molecular flexibility index (Phi) is 4.20. The monoisotopic (exact) mass is 281 g/mol. The molecule has 0 aromatic carbocycles. The second kappa shape index (κ2) is 5.87. The molecule has 0 saturated heterocycles. The molecule has 0 saturated carbocycles. The number of hydrogen-bond donors (Lipinski definition) is 1. The minimum atomic E-state index is -0.119. The van der Waals surface area contributed by atoms with E-state index >= 15 is 0 Å². The van der Waals surface area contributed by atoms with Crippen LogP contribution < -0.4 is 5.32 Å². The van der Waals surface area contributed by atoms with Crippen LogP contribution >= 0.6 is 11.8 Å². The molecule has 7 nitrogen and oxygen atoms in total. The Balaban J connectivity index is 1.78. The maximum absolute atomic E-state index is 11.9. The first kappa shape index (κ1) is 13.6. The lowest BCUT2D eigenvalue weighted by Crippen LogP contribution is -2.26. The molecule has 0 aliphatic rings. The zero-order chi connectivity index (χ0) is 13.8. The quantitative estimate of drug-likeness (QED) is 0.648. The Bertz CT molecular complexity index is 577. The highest BCUT2D eigenvalue weighted by molar-refractivity contribution is 7.99. The predicted octanol–water partition coefficient (Wildman–Crippen LogP) is 0.942. The molecule has 19 heavy (non-hydrogen) atoms. The standard InChI is InChI=1S/C11H15N5O2S/c1-7-6-9(8(2)18-7)10(17)12-4-5-19-11-13-14-15-16(11)3/h6H,4-5H2,1-3H3,(H,12,17). The summed E-state index contributed by atoms with van der Waals surface area (Å²) in [6.45, 7) is 4.14. The van der Waals surface area contributed by atoms with E-state index in [1.165, 1.54) is 11.8 Å². The SMILES string of the molecule is Cc1cc(C(=O)NCCSc2nnnn2C)c(C)o1. The number of nitrogens with one attached hydrogen (secondary N) is 1. The van der Waals surface area contributed by atoms with Crippen molar-refractivity contribution in [2.75, 3.05) is 12.3 Å². The van der Waals surface area contributed by atoms with Crippen LogP contribution in [0.1, 0.15) is 21.9 Å². The number of thioether (sulfide) groups is 1. The molecule has 8 heteroatoms. The summed E-state index contributed by atoms with van der Waals surface area (Å²) < 4.78 is 6.91. The number of aryl methyl sites for hydroxylation is 3. The Morgan fingerprint density at radius 1 is 1.53 bits per heavy atom. The molecule has 0 fully saturated rings. The maximum atomic E-state index is 11.9. The van der Waals surface area contributed by atoms with Gasteiger partial charge in [0.2, 0.25) is 5.16 Å². The normalized spacial score (nSPS) is 10.7. The minimum Gasteiger partial charge on any atom is -0.466 e. The zero-order valence-electron chi connectivity index (χ0n) is 11.0. The first-order valence-electron chi connectivity index (χ1n) is 5.78. The van der Waals surface area contributed by atoms with E-state index in [0.29, 0.717) is 23.6 Å². The van der Waals surface area contributed by atoms with E-state index in [-0.39, 0.29) is 5.91 Å². The van der Waals surface area contributed by atoms with E-state index in [1.807, 2.05) is 6.92 Å². The molecule has 1 amide bonds. The number of hydrogen-bond acceptors (Lipinski definition) is 6. The predicted molar refractivity (Wildman–Crippen MR) is 70.0 cm³/mol. The molecule has 1 N–H and O–H groups in total. The third-order valence-electron chi connectivity index (χ3n) is 2.49. The van der Waals surface area contributed by atoms with Crippen molar-refractivity contribution in [1.29, 1.82) is 0 Å². The second-order valence-electron chi connectivity index (χ2n) is 4.02. The summed E-state index contributed by atoms with van der Waals surface area (Å²) >= 11 is 1.49. The molecule has 0 bridgehead atoms. The number of aromatic nitrogens is 4. The fourth-order valence-electron chi connectivity index (χ4n) is 1.60. The number of tetrazole rings is 1. The molecule has 0 aliphatic heterocycles. The van der Waals surface area contributed by atoms with Gasteiger partial charge in [0.25, 0.3) is 5.91 Å². The summed E-state index contributed by atoms with van der Waals surface area (Å²) in [4.78, 5) is 11.9. The van der Waals surface area contributed by atoms with E-state index in [4.69, 9.17) is 4.42 Å². The van der Waals surface area contributed by atoms with Crippen molar-refractivity contribution in [2.24, 2.45) is 7.05 Å². The summed E-state index contributed by atoms with van der Waals surface area (Å²) in [6, 6.07) is 1.74. The fourth-order valence-corrected chi connectivity index (χ4v) is 2.31. The summed E-state index contributed by atoms with van der Waals surface area (Å²) in [5, 5.41) is 14.7. The van der Waals surface area contributed by atoms with Gasteiger partial charge in [-0.1, -0.05) is 11.8 Å². The molecular formula is C11H15N5O2S. The Morgan fingerprint density at radius 3 is 2.89 bits per heavy atom. The van der Waals surface area contributed by atoms with Crippen molar-refractivity contribution in [3.05, 3.63) is 23.2 Å². The molecule has 102 valence electrons. The van der Waals surface area contributed by atoms with Gasteiger partial charge >= 0.3 is 0 Å². The molecular weight excluding hydrogens is 266 g/mol. The molecule has 2 aromatic heterocycles. The number of rotatable bonds is 5. The number of carbonyl (C=O) groups is 1. The number of furan rings is 1. The lowest BCUT2D eigenvalue weighted by molar-refractivity contribution is 0.0954. The van der Waals surface area contributed by atoms with E-state index in [1.54, 1.807) is 24.7 Å². The van der Waals surface area contributed by atoms with Gasteiger partial charge in [0, 0.05) is 19.3 Å². The van der Waals surface area contributed by atoms with E-state index in [0.717, 1.165) is 10.9 Å². The van der Waals surface area contributed by atoms with Crippen molar-refractivity contribution in [3.8, 4) is 0 Å². The van der Waals surface area contributed by atoms with Crippen LogP contribution in [0.3, 0.4) is 0 Å². The highest BCUT2D eigenvalue weighted by atomic mass is 32.2. The van der Waals surface area contributed by atoms with Crippen LogP contribution in [0.4, 0.5) is 0 Å². The van der Waals surface area contributed by atoms with Crippen LogP contribution in [-0.4, -0.2) is 38.4 Å². The van der Waals surface area contributed by atoms with E-state index in [2.05, 4.69) is 20.8 Å². The van der Waals surface area contributed by atoms with Gasteiger partial charge in [-0.2, -0.15) is 0 Å². The molecule has 2 rings (SSSR count). The van der Waals surface area contributed by atoms with Crippen LogP contribution in [0.5, 0.6) is 0 Å². The van der Waals surface area contributed by atoms with Crippen molar-refractivity contribution in [3.63, 3.8) is 0 Å². The van der Waals surface area contributed by atoms with Crippen LogP contribution in [0.25, 0.3) is 0 Å². The summed E-state index contributed by atoms with van der Waals surface area (Å²) in [6.07, 6.45) is 0. The fraction of sp³-hybridized carbons (Fsp3) is 0.455. The topological polar surface area (TPSA) is 85.8 Å². The lowest BCUT2D eigenvalue weighted by Gasteiger charge is -2.03. The molecule has 0 atom stereocenters. The summed E-state index contributed by atoms with van der Waals surface area (Å²) in [7, 11) is 1.78. The maximum Gasteiger partial charge on any atom is 0.254 e. The Hall–Kier alpha value is -1.83. The van der Waals surface area contributed by atoms with Crippen molar-refractivity contribution in [1.82, 2.24) is 25.5 Å². The van der Waals surface area contributed by atoms with Gasteiger partial charge in [0.05, 0.1) is 5.56 Å². The van der Waals surface area contributed by atoms with Gasteiger partial charge in [0.15, 0.2) is 0 Å². The highest BCUT2D eigenvalue weighted by Gasteiger charge is 2.12. The van der Waals surface area contributed by atoms with Crippen LogP contribution in [0, 0.1) is 13.8 Å². The van der Waals surface area contributed by atoms with Gasteiger partial charge in [0.1, 0.15) is 11.5 Å². The first-order chi connectivity index (χ1) is 9.08. The summed E-state index contributed by atoms with van der Waals surface area (Å²) in [5.41, 5.74) is 0.586. The Labute approximate surface area is 114 Å². The molecule has 2 aromatic rings. The zero-order valence-corrected chi connectivity index (χ0v) is 11.8. The van der Waals surface area contributed by atoms with Gasteiger partial charge in [-0.25, -0.2) is 4.68 Å². The van der Waals surface area contributed by atoms with Gasteiger partial charge in [-0.3, -0.25) is 4.79 Å². The van der Waals surface area contributed by atoms with Crippen molar-refractivity contribution >= 4 is 17.7 Å². The van der Waals surface area contributed by atoms with Crippen molar-refractivity contribution < 1.29 is 9.21 Å². The average Bonchev–Trinajstić information content (AvgIpc) is 2.91. The smallest absolute Gasteiger partial charge is 0.254 e. The van der Waals surface area contributed by atoms with E-state index < -0.39 is 0 Å². The average molecular weight is 281 g/mol. The number of carbonyl (C=O) groups excluding carboxylic acids is 1. The number of nitrogens with zero attached hydrogens (tertiary/aromatic N) is 4. The third-order valence-corrected chi connectivity index (χ3v) is 3.50. The summed E-state index contributed by atoms with van der Waals surface area (Å²) in [5.74, 6) is 1.96. The minimum absolute atomic E-state index is 0.119. The van der Waals surface area contributed by atoms with E-state index in [9.17, 15) is 4.79 Å². The first-order valence-corrected chi connectivity index (χ1v) is 6.77. The molecule has 0 aliphatic carbocycles. The second-order valence-corrected chi connectivity index (χ2v) is 5.08.